The summed E-state index contributed by atoms with van der Waals surface area (Å²) in [6.07, 6.45) is 3.37. The van der Waals surface area contributed by atoms with E-state index in [4.69, 9.17) is 14.2 Å². The maximum Gasteiger partial charge on any atom is 0.236 e. The zero-order valence-corrected chi connectivity index (χ0v) is 16.0. The zero-order chi connectivity index (χ0) is 19.8. The molecule has 0 atom stereocenters. The summed E-state index contributed by atoms with van der Waals surface area (Å²) in [5.74, 6) is 2.70. The van der Waals surface area contributed by atoms with E-state index in [9.17, 15) is 4.79 Å². The summed E-state index contributed by atoms with van der Waals surface area (Å²) >= 11 is 0. The van der Waals surface area contributed by atoms with Crippen molar-refractivity contribution in [2.45, 2.75) is 18.3 Å². The van der Waals surface area contributed by atoms with E-state index in [1.807, 2.05) is 54.6 Å². The summed E-state index contributed by atoms with van der Waals surface area (Å²) in [5.41, 5.74) is 2.40. The predicted octanol–water partition coefficient (Wildman–Crippen LogP) is 4.16. The van der Waals surface area contributed by atoms with Gasteiger partial charge in [0.25, 0.3) is 0 Å². The van der Waals surface area contributed by atoms with Gasteiger partial charge in [-0.2, -0.15) is 0 Å². The Labute approximate surface area is 168 Å². The lowest BCUT2D eigenvalue weighted by molar-refractivity contribution is -0.118. The minimum absolute atomic E-state index is 0.0435. The highest BCUT2D eigenvalue weighted by molar-refractivity contribution is 6.01. The highest BCUT2D eigenvalue weighted by Gasteiger charge is 2.51. The molecule has 6 heteroatoms. The maximum atomic E-state index is 13.0. The summed E-state index contributed by atoms with van der Waals surface area (Å²) in [7, 11) is 1.64. The summed E-state index contributed by atoms with van der Waals surface area (Å²) in [6, 6.07) is 17.3. The normalized spacial score (nSPS) is 15.6. The fourth-order valence-corrected chi connectivity index (χ4v) is 3.64. The topological polar surface area (TPSA) is 69.7 Å². The molecule has 6 nitrogen and oxygen atoms in total. The van der Waals surface area contributed by atoms with Crippen molar-refractivity contribution >= 4 is 11.7 Å². The van der Waals surface area contributed by atoms with Crippen molar-refractivity contribution in [3.8, 4) is 28.4 Å². The number of aromatic nitrogens is 1. The Bertz CT molecular complexity index is 1070. The first-order valence-electron chi connectivity index (χ1n) is 9.50. The third kappa shape index (κ3) is 3.16. The molecule has 0 radical (unpaired) electrons. The van der Waals surface area contributed by atoms with Gasteiger partial charge in [0.1, 0.15) is 11.6 Å². The van der Waals surface area contributed by atoms with Crippen molar-refractivity contribution in [2.24, 2.45) is 0 Å². The smallest absolute Gasteiger partial charge is 0.236 e. The molecule has 3 aromatic rings. The van der Waals surface area contributed by atoms with E-state index < -0.39 is 5.41 Å². The monoisotopic (exact) mass is 388 g/mol. The van der Waals surface area contributed by atoms with E-state index in [2.05, 4.69) is 10.3 Å². The summed E-state index contributed by atoms with van der Waals surface area (Å²) in [6.45, 7) is 0.224. The molecule has 1 N–H and O–H groups in total. The van der Waals surface area contributed by atoms with Crippen LogP contribution in [0.4, 0.5) is 5.82 Å². The van der Waals surface area contributed by atoms with Crippen molar-refractivity contribution in [1.82, 2.24) is 4.98 Å². The van der Waals surface area contributed by atoms with Crippen LogP contribution in [0.15, 0.2) is 60.8 Å². The van der Waals surface area contributed by atoms with Gasteiger partial charge >= 0.3 is 0 Å². The molecule has 1 aliphatic carbocycles. The Balaban J connectivity index is 1.33. The van der Waals surface area contributed by atoms with E-state index in [1.54, 1.807) is 13.3 Å². The Morgan fingerprint density at radius 3 is 2.66 bits per heavy atom. The number of carbonyl (C=O) groups excluding carboxylic acids is 1. The van der Waals surface area contributed by atoms with E-state index >= 15 is 0 Å². The van der Waals surface area contributed by atoms with Crippen LogP contribution in [0.5, 0.6) is 17.2 Å². The summed E-state index contributed by atoms with van der Waals surface area (Å²) in [5, 5.41) is 2.97. The van der Waals surface area contributed by atoms with Gasteiger partial charge in [-0.15, -0.1) is 0 Å². The van der Waals surface area contributed by atoms with Gasteiger partial charge in [-0.3, -0.25) is 4.79 Å². The highest BCUT2D eigenvalue weighted by atomic mass is 16.7. The number of nitrogens with one attached hydrogen (secondary N) is 1. The van der Waals surface area contributed by atoms with Gasteiger partial charge in [-0.25, -0.2) is 4.98 Å². The Morgan fingerprint density at radius 1 is 1.03 bits per heavy atom. The second-order valence-corrected chi connectivity index (χ2v) is 7.27. The van der Waals surface area contributed by atoms with E-state index in [0.717, 1.165) is 41.0 Å². The predicted molar refractivity (Wildman–Crippen MR) is 108 cm³/mol. The average Bonchev–Trinajstić information content (AvgIpc) is 3.45. The number of rotatable bonds is 5. The van der Waals surface area contributed by atoms with Gasteiger partial charge in [-0.1, -0.05) is 18.2 Å². The standard InChI is InChI=1S/C23H20N2O4/c1-27-18-4-2-3-15(11-18)16-5-8-21(24-13-16)25-22(26)23(9-10-23)17-6-7-19-20(12-17)29-14-28-19/h2-8,11-13H,9-10,14H2,1H3,(H,24,25,26). The van der Waals surface area contributed by atoms with Crippen LogP contribution in [0.25, 0.3) is 11.1 Å². The summed E-state index contributed by atoms with van der Waals surface area (Å²) in [4.78, 5) is 17.4. The molecule has 0 bridgehead atoms. The lowest BCUT2D eigenvalue weighted by Gasteiger charge is -2.16. The van der Waals surface area contributed by atoms with Crippen LogP contribution in [0.1, 0.15) is 18.4 Å². The van der Waals surface area contributed by atoms with Gasteiger partial charge in [0, 0.05) is 11.8 Å². The number of benzene rings is 2. The number of anilines is 1. The van der Waals surface area contributed by atoms with Crippen LogP contribution >= 0.6 is 0 Å². The molecule has 1 amide bonds. The molecule has 1 fully saturated rings. The van der Waals surface area contributed by atoms with Gasteiger partial charge in [-0.05, 0) is 60.4 Å². The first-order chi connectivity index (χ1) is 14.2. The molecule has 146 valence electrons. The second kappa shape index (κ2) is 6.81. The van der Waals surface area contributed by atoms with Crippen LogP contribution in [0.2, 0.25) is 0 Å². The molecular weight excluding hydrogens is 368 g/mol. The quantitative estimate of drug-likeness (QED) is 0.711. The Hall–Kier alpha value is -3.54. The first kappa shape index (κ1) is 17.6. The van der Waals surface area contributed by atoms with Crippen LogP contribution < -0.4 is 19.5 Å². The lowest BCUT2D eigenvalue weighted by atomic mass is 9.94. The number of hydrogen-bond acceptors (Lipinski definition) is 5. The van der Waals surface area contributed by atoms with Gasteiger partial charge in [0.2, 0.25) is 12.7 Å². The molecule has 2 heterocycles. The van der Waals surface area contributed by atoms with Crippen molar-refractivity contribution < 1.29 is 19.0 Å². The molecule has 1 aromatic heterocycles. The first-order valence-corrected chi connectivity index (χ1v) is 9.50. The molecule has 0 unspecified atom stereocenters. The Kier molecular flexibility index (Phi) is 4.12. The fraction of sp³-hybridized carbons (Fsp3) is 0.217. The largest absolute Gasteiger partial charge is 0.497 e. The van der Waals surface area contributed by atoms with Crippen LogP contribution in [0.3, 0.4) is 0 Å². The maximum absolute atomic E-state index is 13.0. The number of nitrogens with zero attached hydrogens (tertiary/aromatic N) is 1. The van der Waals surface area contributed by atoms with E-state index in [0.29, 0.717) is 11.6 Å². The van der Waals surface area contributed by atoms with E-state index in [-0.39, 0.29) is 12.7 Å². The summed E-state index contributed by atoms with van der Waals surface area (Å²) < 4.78 is 16.1. The third-order valence-electron chi connectivity index (χ3n) is 5.52. The van der Waals surface area contributed by atoms with Crippen molar-refractivity contribution in [2.75, 3.05) is 19.2 Å². The fourth-order valence-electron chi connectivity index (χ4n) is 3.64. The molecule has 0 spiro atoms. The molecule has 29 heavy (non-hydrogen) atoms. The number of carbonyl (C=O) groups is 1. The zero-order valence-electron chi connectivity index (χ0n) is 16.0. The number of hydrogen-bond donors (Lipinski definition) is 1. The van der Waals surface area contributed by atoms with Crippen LogP contribution in [0, 0.1) is 0 Å². The SMILES string of the molecule is COc1cccc(-c2ccc(NC(=O)C3(c4ccc5c(c4)OCO5)CC3)nc2)c1. The van der Waals surface area contributed by atoms with Gasteiger partial charge in [0.15, 0.2) is 11.5 Å². The van der Waals surface area contributed by atoms with Crippen molar-refractivity contribution in [3.63, 3.8) is 0 Å². The molecule has 0 saturated heterocycles. The molecule has 1 aliphatic heterocycles. The number of amides is 1. The number of methoxy groups -OCH3 is 1. The number of ether oxygens (including phenoxy) is 3. The average molecular weight is 388 g/mol. The molecule has 2 aliphatic rings. The highest BCUT2D eigenvalue weighted by Crippen LogP contribution is 2.51. The molecule has 2 aromatic carbocycles. The minimum Gasteiger partial charge on any atom is -0.497 e. The molecule has 1 saturated carbocycles. The van der Waals surface area contributed by atoms with Crippen LogP contribution in [-0.4, -0.2) is 24.8 Å². The van der Waals surface area contributed by atoms with Crippen LogP contribution in [-0.2, 0) is 10.2 Å². The van der Waals surface area contributed by atoms with Gasteiger partial charge < -0.3 is 19.5 Å². The van der Waals surface area contributed by atoms with Crippen molar-refractivity contribution in [1.29, 1.82) is 0 Å². The second-order valence-electron chi connectivity index (χ2n) is 7.27. The number of fused-ring (bicyclic) bond motifs is 1. The minimum atomic E-state index is -0.520. The third-order valence-corrected chi connectivity index (χ3v) is 5.52. The van der Waals surface area contributed by atoms with Crippen molar-refractivity contribution in [3.05, 3.63) is 66.4 Å². The Morgan fingerprint density at radius 2 is 1.90 bits per heavy atom. The van der Waals surface area contributed by atoms with Gasteiger partial charge in [0.05, 0.1) is 12.5 Å². The number of pyridine rings is 1. The van der Waals surface area contributed by atoms with E-state index in [1.165, 1.54) is 0 Å². The molecule has 5 rings (SSSR count). The lowest BCUT2D eigenvalue weighted by Crippen LogP contribution is -2.28. The molecular formula is C23H20N2O4.